The van der Waals surface area contributed by atoms with Crippen molar-refractivity contribution in [2.45, 2.75) is 97.2 Å². The fourth-order valence-corrected chi connectivity index (χ4v) is 6.89. The van der Waals surface area contributed by atoms with Crippen molar-refractivity contribution in [3.63, 3.8) is 0 Å². The van der Waals surface area contributed by atoms with Gasteiger partial charge >= 0.3 is 5.97 Å². The molecule has 0 saturated heterocycles. The first kappa shape index (κ1) is 20.9. The monoisotopic (exact) mass is 378 g/mol. The van der Waals surface area contributed by atoms with Gasteiger partial charge in [0, 0.05) is 6.42 Å². The number of allylic oxidation sites excluding steroid dienone is 1. The average molecular weight is 379 g/mol. The first-order chi connectivity index (χ1) is 12.5. The molecule has 27 heavy (non-hydrogen) atoms. The molecule has 7 atom stereocenters. The van der Waals surface area contributed by atoms with E-state index in [-0.39, 0.29) is 17.9 Å². The predicted octanol–water partition coefficient (Wildman–Crippen LogP) is 4.54. The summed E-state index contributed by atoms with van der Waals surface area (Å²) in [5, 5.41) is 28.7. The lowest BCUT2D eigenvalue weighted by molar-refractivity contribution is -0.136. The topological polar surface area (TPSA) is 77.8 Å². The minimum Gasteiger partial charge on any atom is -0.481 e. The van der Waals surface area contributed by atoms with Gasteiger partial charge in [0.2, 0.25) is 0 Å². The van der Waals surface area contributed by atoms with Crippen molar-refractivity contribution >= 4 is 5.97 Å². The lowest BCUT2D eigenvalue weighted by atomic mass is 9.47. The smallest absolute Gasteiger partial charge is 0.303 e. The van der Waals surface area contributed by atoms with E-state index in [1.807, 2.05) is 0 Å². The maximum Gasteiger partial charge on any atom is 0.303 e. The molecule has 0 radical (unpaired) electrons. The molecule has 0 heterocycles. The third-order valence-corrected chi connectivity index (χ3v) is 8.94. The molecule has 4 nitrogen and oxygen atoms in total. The molecular formula is C23H38O4. The predicted molar refractivity (Wildman–Crippen MR) is 106 cm³/mol. The maximum atomic E-state index is 10.9. The molecule has 0 aromatic heterocycles. The molecule has 0 aromatic rings. The molecule has 3 fully saturated rings. The van der Waals surface area contributed by atoms with Crippen LogP contribution in [0, 0.1) is 28.6 Å². The van der Waals surface area contributed by atoms with Gasteiger partial charge in [-0.25, -0.2) is 0 Å². The SMILES string of the molecule is CCC(=O)O.C[C@]12CC[C@H](O)CC1=CC[C@@H]1[C@@H]2CC[C@@]2(C)[C@H]1CC[C@]2(C)O. The van der Waals surface area contributed by atoms with E-state index in [4.69, 9.17) is 5.11 Å². The average Bonchev–Trinajstić information content (AvgIpc) is 2.86. The maximum absolute atomic E-state index is 10.9. The first-order valence-electron chi connectivity index (χ1n) is 10.9. The number of carboxylic acids is 1. The number of aliphatic hydroxyl groups excluding tert-OH is 1. The number of carbonyl (C=O) groups is 1. The number of aliphatic hydroxyl groups is 2. The quantitative estimate of drug-likeness (QED) is 0.585. The number of fused-ring (bicyclic) bond motifs is 5. The van der Waals surface area contributed by atoms with Gasteiger partial charge in [-0.15, -0.1) is 0 Å². The van der Waals surface area contributed by atoms with Crippen molar-refractivity contribution in [3.05, 3.63) is 11.6 Å². The molecule has 4 heteroatoms. The summed E-state index contributed by atoms with van der Waals surface area (Å²) >= 11 is 0. The lowest BCUT2D eigenvalue weighted by Gasteiger charge is -2.58. The minimum atomic E-state index is -0.745. The Kier molecular flexibility index (Phi) is 5.55. The van der Waals surface area contributed by atoms with Gasteiger partial charge in [0.25, 0.3) is 0 Å². The fraction of sp³-hybridized carbons (Fsp3) is 0.870. The summed E-state index contributed by atoms with van der Waals surface area (Å²) in [4.78, 5) is 9.37. The van der Waals surface area contributed by atoms with Gasteiger partial charge in [-0.1, -0.05) is 32.4 Å². The van der Waals surface area contributed by atoms with Crippen molar-refractivity contribution in [1.29, 1.82) is 0 Å². The molecule has 4 rings (SSSR count). The highest BCUT2D eigenvalue weighted by molar-refractivity contribution is 5.66. The highest BCUT2D eigenvalue weighted by Gasteiger charge is 2.61. The van der Waals surface area contributed by atoms with Gasteiger partial charge in [0.1, 0.15) is 0 Å². The molecule has 0 bridgehead atoms. The van der Waals surface area contributed by atoms with Crippen LogP contribution in [-0.4, -0.2) is 33.0 Å². The van der Waals surface area contributed by atoms with Crippen molar-refractivity contribution in [3.8, 4) is 0 Å². The van der Waals surface area contributed by atoms with E-state index in [1.165, 1.54) is 25.7 Å². The summed E-state index contributed by atoms with van der Waals surface area (Å²) in [6, 6.07) is 0. The second-order valence-electron chi connectivity index (χ2n) is 10.2. The molecule has 0 aliphatic heterocycles. The van der Waals surface area contributed by atoms with Crippen LogP contribution < -0.4 is 0 Å². The fourth-order valence-electron chi connectivity index (χ4n) is 6.89. The van der Waals surface area contributed by atoms with Crippen LogP contribution in [0.3, 0.4) is 0 Å². The normalized spacial score (nSPS) is 48.3. The van der Waals surface area contributed by atoms with E-state index >= 15 is 0 Å². The first-order valence-corrected chi connectivity index (χ1v) is 10.9. The third kappa shape index (κ3) is 3.37. The molecule has 0 aromatic carbocycles. The van der Waals surface area contributed by atoms with Gasteiger partial charge in [-0.05, 0) is 86.9 Å². The van der Waals surface area contributed by atoms with Crippen LogP contribution >= 0.6 is 0 Å². The van der Waals surface area contributed by atoms with Crippen LogP contribution in [0.25, 0.3) is 0 Å². The largest absolute Gasteiger partial charge is 0.481 e. The Hall–Kier alpha value is -0.870. The standard InChI is InChI=1S/C20H32O2.C3H6O2/c1-18-9-6-14(21)12-13(18)4-5-15-16(18)7-10-19(2)17(15)8-11-20(19,3)22;1-2-3(4)5/h4,14-17,21-22H,5-12H2,1-3H3;2H2,1H3,(H,4,5)/t14-,15+,16-,17-,18-,19-,20-;/m0./s1. The van der Waals surface area contributed by atoms with E-state index in [9.17, 15) is 15.0 Å². The number of aliphatic carboxylic acids is 1. The Morgan fingerprint density at radius 2 is 1.74 bits per heavy atom. The molecule has 4 aliphatic rings. The summed E-state index contributed by atoms with van der Waals surface area (Å²) in [6.45, 7) is 8.50. The van der Waals surface area contributed by atoms with Crippen LogP contribution in [0.15, 0.2) is 11.6 Å². The molecule has 0 spiro atoms. The number of hydrogen-bond donors (Lipinski definition) is 3. The zero-order valence-electron chi connectivity index (χ0n) is 17.5. The molecule has 0 amide bonds. The van der Waals surface area contributed by atoms with Crippen LogP contribution in [0.5, 0.6) is 0 Å². The number of carboxylic acid groups (broad SMARTS) is 1. The van der Waals surface area contributed by atoms with Gasteiger partial charge in [-0.3, -0.25) is 4.79 Å². The molecule has 0 unspecified atom stereocenters. The zero-order valence-corrected chi connectivity index (χ0v) is 17.5. The second-order valence-corrected chi connectivity index (χ2v) is 10.2. The van der Waals surface area contributed by atoms with Crippen molar-refractivity contribution in [2.75, 3.05) is 0 Å². The highest BCUT2D eigenvalue weighted by atomic mass is 16.4. The Morgan fingerprint density at radius 1 is 1.11 bits per heavy atom. The summed E-state index contributed by atoms with van der Waals surface area (Å²) in [7, 11) is 0. The number of rotatable bonds is 1. The van der Waals surface area contributed by atoms with Crippen LogP contribution in [0.4, 0.5) is 0 Å². The van der Waals surface area contributed by atoms with Crippen molar-refractivity contribution < 1.29 is 20.1 Å². The lowest BCUT2D eigenvalue weighted by Crippen LogP contribution is -2.53. The Bertz CT molecular complexity index is 609. The van der Waals surface area contributed by atoms with Gasteiger partial charge in [-0.2, -0.15) is 0 Å². The molecular weight excluding hydrogens is 340 g/mol. The Balaban J connectivity index is 0.000000376. The summed E-state index contributed by atoms with van der Waals surface area (Å²) in [6.07, 6.45) is 11.4. The van der Waals surface area contributed by atoms with Gasteiger partial charge in [0.05, 0.1) is 11.7 Å². The Morgan fingerprint density at radius 3 is 2.37 bits per heavy atom. The zero-order chi connectivity index (χ0) is 20.0. The van der Waals surface area contributed by atoms with E-state index in [1.54, 1.807) is 12.5 Å². The van der Waals surface area contributed by atoms with Crippen LogP contribution in [0.2, 0.25) is 0 Å². The van der Waals surface area contributed by atoms with E-state index in [0.717, 1.165) is 37.5 Å². The molecule has 3 saturated carbocycles. The Labute approximate surface area is 164 Å². The van der Waals surface area contributed by atoms with Crippen molar-refractivity contribution in [2.24, 2.45) is 28.6 Å². The second kappa shape index (κ2) is 7.18. The van der Waals surface area contributed by atoms with Crippen molar-refractivity contribution in [1.82, 2.24) is 0 Å². The molecule has 4 aliphatic carbocycles. The van der Waals surface area contributed by atoms with Crippen LogP contribution in [0.1, 0.15) is 85.5 Å². The van der Waals surface area contributed by atoms with E-state index in [2.05, 4.69) is 26.8 Å². The van der Waals surface area contributed by atoms with E-state index < -0.39 is 11.6 Å². The minimum absolute atomic E-state index is 0.114. The van der Waals surface area contributed by atoms with Crippen LogP contribution in [-0.2, 0) is 4.79 Å². The van der Waals surface area contributed by atoms with E-state index in [0.29, 0.717) is 11.3 Å². The summed E-state index contributed by atoms with van der Waals surface area (Å²) < 4.78 is 0. The van der Waals surface area contributed by atoms with Gasteiger partial charge < -0.3 is 15.3 Å². The molecule has 154 valence electrons. The third-order valence-electron chi connectivity index (χ3n) is 8.94. The van der Waals surface area contributed by atoms with Gasteiger partial charge in [0.15, 0.2) is 0 Å². The molecule has 3 N–H and O–H groups in total. The summed E-state index contributed by atoms with van der Waals surface area (Å²) in [5.74, 6) is 1.46. The number of hydrogen-bond acceptors (Lipinski definition) is 3. The highest BCUT2D eigenvalue weighted by Crippen LogP contribution is 2.66. The summed E-state index contributed by atoms with van der Waals surface area (Å²) in [5.41, 5.74) is 1.50.